The minimum absolute atomic E-state index is 0.0554. The third-order valence-corrected chi connectivity index (χ3v) is 10.6. The molecule has 2 heterocycles. The molecule has 0 spiro atoms. The molecule has 4 heteroatoms. The van der Waals surface area contributed by atoms with E-state index in [0.717, 1.165) is 74.3 Å². The molecule has 2 aliphatic rings. The predicted octanol–water partition coefficient (Wildman–Crippen LogP) is 10.0. The van der Waals surface area contributed by atoms with E-state index < -0.39 is 0 Å². The summed E-state index contributed by atoms with van der Waals surface area (Å²) in [6.45, 7) is 9.42. The van der Waals surface area contributed by atoms with E-state index in [1.165, 1.54) is 16.7 Å². The summed E-state index contributed by atoms with van der Waals surface area (Å²) in [5.74, 6) is 2.06. The maximum absolute atomic E-state index is 6.35. The zero-order chi connectivity index (χ0) is 34.0. The molecular formula is C46H39N3O. The van der Waals surface area contributed by atoms with Crippen molar-refractivity contribution in [3.63, 3.8) is 0 Å². The average Bonchev–Trinajstić information content (AvgIpc) is 3.62. The summed E-state index contributed by atoms with van der Waals surface area (Å²) in [4.78, 5) is 15.9. The highest BCUT2D eigenvalue weighted by Crippen LogP contribution is 2.50. The summed E-state index contributed by atoms with van der Waals surface area (Å²) < 4.78 is 6.35. The van der Waals surface area contributed by atoms with Crippen molar-refractivity contribution in [2.45, 2.75) is 57.8 Å². The van der Waals surface area contributed by atoms with Crippen molar-refractivity contribution in [3.8, 4) is 45.0 Å². The van der Waals surface area contributed by atoms with Crippen molar-refractivity contribution in [1.29, 1.82) is 0 Å². The lowest BCUT2D eigenvalue weighted by Crippen LogP contribution is -2.27. The van der Waals surface area contributed by atoms with Crippen LogP contribution in [0.5, 0.6) is 0 Å². The topological polar surface area (TPSA) is 51.8 Å². The Morgan fingerprint density at radius 3 is 2.00 bits per heavy atom. The van der Waals surface area contributed by atoms with Crippen LogP contribution >= 0.6 is 0 Å². The number of furan rings is 1. The van der Waals surface area contributed by atoms with Gasteiger partial charge in [0.2, 0.25) is 0 Å². The smallest absolute Gasteiger partial charge is 0.164 e. The summed E-state index contributed by atoms with van der Waals surface area (Å²) in [5, 5.41) is 2.19. The van der Waals surface area contributed by atoms with Crippen molar-refractivity contribution in [3.05, 3.63) is 149 Å². The van der Waals surface area contributed by atoms with Crippen molar-refractivity contribution >= 4 is 22.6 Å². The van der Waals surface area contributed by atoms with Crippen molar-refractivity contribution in [2.24, 2.45) is 0 Å². The van der Waals surface area contributed by atoms with Gasteiger partial charge in [-0.1, -0.05) is 125 Å². The maximum atomic E-state index is 6.35. The van der Waals surface area contributed by atoms with E-state index in [1.807, 2.05) is 12.1 Å². The Balaban J connectivity index is 1.32. The second-order valence-corrected chi connectivity index (χ2v) is 15.1. The quantitative estimate of drug-likeness (QED) is 0.186. The van der Waals surface area contributed by atoms with Gasteiger partial charge in [-0.25, -0.2) is 15.0 Å². The zero-order valence-electron chi connectivity index (χ0n) is 29.0. The first kappa shape index (κ1) is 30.4. The molecule has 0 fully saturated rings. The lowest BCUT2D eigenvalue weighted by atomic mass is 9.82. The van der Waals surface area contributed by atoms with Crippen LogP contribution in [-0.2, 0) is 10.8 Å². The summed E-state index contributed by atoms with van der Waals surface area (Å²) in [6.07, 6.45) is 4.98. The third-order valence-electron chi connectivity index (χ3n) is 10.6. The normalized spacial score (nSPS) is 15.8. The lowest BCUT2D eigenvalue weighted by molar-refractivity contribution is 0.403. The highest BCUT2D eigenvalue weighted by atomic mass is 16.3. The van der Waals surface area contributed by atoms with E-state index in [1.54, 1.807) is 0 Å². The van der Waals surface area contributed by atoms with Crippen LogP contribution in [0.15, 0.2) is 126 Å². The SMILES string of the molecule is CC1(C)CC(C)(C)c2cc(-c3nc(C4=c5c(oc6ccccc56)=CCC4)nc(-c4ccc(-c5ccccc5)cc4-c4ccccc4)n3)ccc21. The highest BCUT2D eigenvalue weighted by Gasteiger charge is 2.42. The van der Waals surface area contributed by atoms with E-state index in [4.69, 9.17) is 19.4 Å². The number of benzene rings is 5. The van der Waals surface area contributed by atoms with Crippen LogP contribution in [0.25, 0.3) is 67.6 Å². The minimum atomic E-state index is 0.0554. The van der Waals surface area contributed by atoms with Crippen LogP contribution in [0.4, 0.5) is 0 Å². The summed E-state index contributed by atoms with van der Waals surface area (Å²) in [5.41, 5.74) is 12.4. The molecule has 0 saturated carbocycles. The Morgan fingerprint density at radius 2 is 1.20 bits per heavy atom. The number of rotatable bonds is 5. The molecule has 2 aliphatic carbocycles. The highest BCUT2D eigenvalue weighted by molar-refractivity contribution is 5.87. The van der Waals surface area contributed by atoms with Crippen LogP contribution in [0, 0.1) is 0 Å². The van der Waals surface area contributed by atoms with Crippen molar-refractivity contribution in [1.82, 2.24) is 15.0 Å². The van der Waals surface area contributed by atoms with Gasteiger partial charge in [0.25, 0.3) is 0 Å². The molecule has 9 rings (SSSR count). The van der Waals surface area contributed by atoms with Gasteiger partial charge >= 0.3 is 0 Å². The van der Waals surface area contributed by atoms with Gasteiger partial charge in [0.05, 0.1) is 0 Å². The molecule has 0 bridgehead atoms. The van der Waals surface area contributed by atoms with Crippen LogP contribution in [0.3, 0.4) is 0 Å². The molecule has 0 atom stereocenters. The molecule has 0 amide bonds. The number of fused-ring (bicyclic) bond motifs is 4. The molecule has 2 aromatic heterocycles. The molecule has 0 radical (unpaired) electrons. The Labute approximate surface area is 292 Å². The van der Waals surface area contributed by atoms with E-state index >= 15 is 0 Å². The van der Waals surface area contributed by atoms with E-state index in [-0.39, 0.29) is 10.8 Å². The van der Waals surface area contributed by atoms with Gasteiger partial charge in [-0.3, -0.25) is 0 Å². The van der Waals surface area contributed by atoms with Gasteiger partial charge < -0.3 is 4.42 Å². The lowest BCUT2D eigenvalue weighted by Gasteiger charge is -2.22. The Kier molecular flexibility index (Phi) is 6.99. The Hall–Kier alpha value is -5.61. The average molecular weight is 650 g/mol. The van der Waals surface area contributed by atoms with Crippen LogP contribution in [-0.4, -0.2) is 15.0 Å². The Bertz CT molecular complexity index is 2560. The van der Waals surface area contributed by atoms with Gasteiger partial charge in [0, 0.05) is 27.3 Å². The molecule has 0 unspecified atom stereocenters. The van der Waals surface area contributed by atoms with Gasteiger partial charge in [-0.15, -0.1) is 0 Å². The number of hydrogen-bond donors (Lipinski definition) is 0. The second kappa shape index (κ2) is 11.5. The third kappa shape index (κ3) is 5.09. The molecule has 5 aromatic carbocycles. The monoisotopic (exact) mass is 649 g/mol. The van der Waals surface area contributed by atoms with E-state index in [0.29, 0.717) is 17.5 Å². The largest absolute Gasteiger partial charge is 0.456 e. The van der Waals surface area contributed by atoms with Crippen molar-refractivity contribution < 1.29 is 4.42 Å². The fraction of sp³-hybridized carbons (Fsp3) is 0.196. The van der Waals surface area contributed by atoms with E-state index in [2.05, 4.69) is 143 Å². The molecule has 0 N–H and O–H groups in total. The summed E-state index contributed by atoms with van der Waals surface area (Å²) >= 11 is 0. The fourth-order valence-electron chi connectivity index (χ4n) is 8.51. The van der Waals surface area contributed by atoms with Crippen LogP contribution < -0.4 is 10.6 Å². The second-order valence-electron chi connectivity index (χ2n) is 15.1. The zero-order valence-corrected chi connectivity index (χ0v) is 29.0. The maximum Gasteiger partial charge on any atom is 0.164 e. The molecule has 50 heavy (non-hydrogen) atoms. The first-order chi connectivity index (χ1) is 24.2. The molecule has 7 aromatic rings. The Morgan fingerprint density at radius 1 is 0.540 bits per heavy atom. The number of aromatic nitrogens is 3. The van der Waals surface area contributed by atoms with Crippen molar-refractivity contribution in [2.75, 3.05) is 0 Å². The van der Waals surface area contributed by atoms with Gasteiger partial charge in [-0.2, -0.15) is 0 Å². The number of para-hydroxylation sites is 1. The molecule has 0 aliphatic heterocycles. The minimum Gasteiger partial charge on any atom is -0.456 e. The number of nitrogens with zero attached hydrogens (tertiary/aromatic N) is 3. The van der Waals surface area contributed by atoms with E-state index in [9.17, 15) is 0 Å². The molecule has 4 nitrogen and oxygen atoms in total. The molecule has 244 valence electrons. The van der Waals surface area contributed by atoms with Gasteiger partial charge in [0.1, 0.15) is 11.0 Å². The first-order valence-electron chi connectivity index (χ1n) is 17.6. The van der Waals surface area contributed by atoms with Gasteiger partial charge in [-0.05, 0) is 93.8 Å². The standard InChI is InChI=1S/C46H39N3O/c1-45(2)28-46(3,4)38-27-32(23-25-37(38)45)42-47-43(49-44(48-42)35-19-13-21-40-41(35)34-18-11-12-20-39(34)50-40)33-24-22-31(29-14-7-5-8-15-29)26-36(33)30-16-9-6-10-17-30/h5-12,14-18,20-27H,13,19,28H2,1-4H3. The summed E-state index contributed by atoms with van der Waals surface area (Å²) in [6, 6.07) is 42.9. The van der Waals surface area contributed by atoms with Crippen LogP contribution in [0.1, 0.15) is 63.9 Å². The summed E-state index contributed by atoms with van der Waals surface area (Å²) in [7, 11) is 0. The molecule has 0 saturated heterocycles. The first-order valence-corrected chi connectivity index (χ1v) is 17.6. The van der Waals surface area contributed by atoms with Crippen LogP contribution in [0.2, 0.25) is 0 Å². The fourth-order valence-corrected chi connectivity index (χ4v) is 8.51. The number of hydrogen-bond acceptors (Lipinski definition) is 4. The molecular weight excluding hydrogens is 611 g/mol. The predicted molar refractivity (Wildman–Crippen MR) is 204 cm³/mol. The van der Waals surface area contributed by atoms with Gasteiger partial charge in [0.15, 0.2) is 17.5 Å².